The molecule has 2 heterocycles. The third kappa shape index (κ3) is 4.06. The van der Waals surface area contributed by atoms with Gasteiger partial charge in [0.1, 0.15) is 17.0 Å². The van der Waals surface area contributed by atoms with Crippen LogP contribution in [0.1, 0.15) is 61.5 Å². The van der Waals surface area contributed by atoms with Crippen LogP contribution in [0.15, 0.2) is 54.6 Å². The van der Waals surface area contributed by atoms with Crippen molar-refractivity contribution in [3.8, 4) is 5.75 Å². The van der Waals surface area contributed by atoms with Gasteiger partial charge in [-0.25, -0.2) is 0 Å². The highest BCUT2D eigenvalue weighted by molar-refractivity contribution is 6.03. The smallest absolute Gasteiger partial charge is 0.271 e. The Morgan fingerprint density at radius 2 is 1.82 bits per heavy atom. The first-order valence-electron chi connectivity index (χ1n) is 12.3. The Hall–Kier alpha value is -3.28. The largest absolute Gasteiger partial charge is 0.497 e. The van der Waals surface area contributed by atoms with Gasteiger partial charge in [-0.05, 0) is 49.6 Å². The molecular formula is C28H33N3O3. The molecule has 3 aromatic rings. The summed E-state index contributed by atoms with van der Waals surface area (Å²) < 4.78 is 7.41. The maximum absolute atomic E-state index is 13.9. The van der Waals surface area contributed by atoms with Crippen LogP contribution in [0, 0.1) is 0 Å². The third-order valence-electron chi connectivity index (χ3n) is 7.49. The highest BCUT2D eigenvalue weighted by Gasteiger charge is 2.48. The summed E-state index contributed by atoms with van der Waals surface area (Å²) in [6, 6.07) is 17.8. The number of methoxy groups -OCH3 is 1. The van der Waals surface area contributed by atoms with Crippen molar-refractivity contribution in [3.63, 3.8) is 0 Å². The maximum Gasteiger partial charge on any atom is 0.271 e. The van der Waals surface area contributed by atoms with Crippen LogP contribution < -0.4 is 10.1 Å². The number of para-hydroxylation sites is 1. The Morgan fingerprint density at radius 3 is 2.59 bits per heavy atom. The quantitative estimate of drug-likeness (QED) is 0.552. The number of hydrogen-bond acceptors (Lipinski definition) is 3. The zero-order valence-corrected chi connectivity index (χ0v) is 20.0. The molecule has 2 aromatic carbocycles. The molecule has 0 saturated heterocycles. The SMILES string of the molecule is COc1cccc(CN2C(=O)c3cc4ccccc4n3C[C@@]2(C)C(=O)NC2CCCCCC2)c1. The zero-order chi connectivity index (χ0) is 23.7. The molecule has 5 rings (SSSR count). The van der Waals surface area contributed by atoms with E-state index < -0.39 is 5.54 Å². The molecule has 0 unspecified atom stereocenters. The van der Waals surface area contributed by atoms with Crippen LogP contribution in [0.4, 0.5) is 0 Å². The Labute approximate surface area is 200 Å². The molecule has 6 heteroatoms. The first-order valence-corrected chi connectivity index (χ1v) is 12.3. The van der Waals surface area contributed by atoms with E-state index in [9.17, 15) is 9.59 Å². The predicted molar refractivity (Wildman–Crippen MR) is 133 cm³/mol. The predicted octanol–water partition coefficient (Wildman–Crippen LogP) is 4.90. The Bertz CT molecular complexity index is 1210. The fourth-order valence-corrected chi connectivity index (χ4v) is 5.47. The van der Waals surface area contributed by atoms with Crippen molar-refractivity contribution in [2.75, 3.05) is 7.11 Å². The summed E-state index contributed by atoms with van der Waals surface area (Å²) >= 11 is 0. The number of amides is 2. The monoisotopic (exact) mass is 459 g/mol. The molecule has 1 atom stereocenters. The third-order valence-corrected chi connectivity index (χ3v) is 7.49. The molecule has 0 spiro atoms. The molecule has 2 aliphatic rings. The summed E-state index contributed by atoms with van der Waals surface area (Å²) in [7, 11) is 1.63. The van der Waals surface area contributed by atoms with Gasteiger partial charge in [0.05, 0.1) is 13.7 Å². The molecule has 0 bridgehead atoms. The number of carbonyl (C=O) groups excluding carboxylic acids is 2. The summed E-state index contributed by atoms with van der Waals surface area (Å²) in [5, 5.41) is 4.34. The molecular weight excluding hydrogens is 426 g/mol. The number of carbonyl (C=O) groups is 2. The lowest BCUT2D eigenvalue weighted by Crippen LogP contribution is -2.64. The van der Waals surface area contributed by atoms with Gasteiger partial charge >= 0.3 is 0 Å². The number of rotatable bonds is 5. The van der Waals surface area contributed by atoms with Gasteiger partial charge in [0.15, 0.2) is 0 Å². The van der Waals surface area contributed by atoms with Gasteiger partial charge in [0, 0.05) is 23.5 Å². The number of nitrogens with zero attached hydrogens (tertiary/aromatic N) is 2. The zero-order valence-electron chi connectivity index (χ0n) is 20.0. The second-order valence-electron chi connectivity index (χ2n) is 9.85. The topological polar surface area (TPSA) is 63.6 Å². The van der Waals surface area contributed by atoms with Crippen molar-refractivity contribution < 1.29 is 14.3 Å². The van der Waals surface area contributed by atoms with Gasteiger partial charge in [-0.2, -0.15) is 0 Å². The van der Waals surface area contributed by atoms with Gasteiger partial charge in [-0.15, -0.1) is 0 Å². The summed E-state index contributed by atoms with van der Waals surface area (Å²) in [5.74, 6) is 0.545. The molecule has 34 heavy (non-hydrogen) atoms. The van der Waals surface area contributed by atoms with Crippen LogP contribution in [0.5, 0.6) is 5.75 Å². The van der Waals surface area contributed by atoms with Gasteiger partial charge in [-0.1, -0.05) is 56.0 Å². The minimum Gasteiger partial charge on any atom is -0.497 e. The van der Waals surface area contributed by atoms with E-state index in [1.807, 2.05) is 66.1 Å². The van der Waals surface area contributed by atoms with Crippen LogP contribution in [-0.4, -0.2) is 40.0 Å². The Balaban J connectivity index is 1.53. The van der Waals surface area contributed by atoms with Crippen LogP contribution >= 0.6 is 0 Å². The van der Waals surface area contributed by atoms with Crippen LogP contribution in [-0.2, 0) is 17.9 Å². The van der Waals surface area contributed by atoms with E-state index in [4.69, 9.17) is 4.74 Å². The van der Waals surface area contributed by atoms with Gasteiger partial charge < -0.3 is 19.5 Å². The minimum absolute atomic E-state index is 0.0703. The van der Waals surface area contributed by atoms with Crippen LogP contribution in [0.3, 0.4) is 0 Å². The van der Waals surface area contributed by atoms with Gasteiger partial charge in [0.25, 0.3) is 5.91 Å². The van der Waals surface area contributed by atoms with E-state index in [1.165, 1.54) is 12.8 Å². The maximum atomic E-state index is 13.9. The number of ether oxygens (including phenoxy) is 1. The molecule has 1 N–H and O–H groups in total. The lowest BCUT2D eigenvalue weighted by atomic mass is 9.93. The molecule has 1 aliphatic heterocycles. The number of nitrogens with one attached hydrogen (secondary N) is 1. The Morgan fingerprint density at radius 1 is 1.06 bits per heavy atom. The first-order chi connectivity index (χ1) is 16.5. The van der Waals surface area contributed by atoms with E-state index in [2.05, 4.69) is 5.32 Å². The van der Waals surface area contributed by atoms with E-state index in [0.29, 0.717) is 18.8 Å². The molecule has 6 nitrogen and oxygen atoms in total. The standard InChI is InChI=1S/C28H33N3O3/c1-28(27(33)29-22-12-5-3-4-6-13-22)19-30-24-15-8-7-11-21(24)17-25(30)26(32)31(28)18-20-10-9-14-23(16-20)34-2/h7-11,14-17,22H,3-6,12-13,18-19H2,1-2H3,(H,29,33)/t28-/m0/s1. The van der Waals surface area contributed by atoms with Crippen molar-refractivity contribution >= 4 is 22.7 Å². The average molecular weight is 460 g/mol. The summed E-state index contributed by atoms with van der Waals surface area (Å²) in [4.78, 5) is 29.6. The highest BCUT2D eigenvalue weighted by atomic mass is 16.5. The fraction of sp³-hybridized carbons (Fsp3) is 0.429. The van der Waals surface area contributed by atoms with Crippen molar-refractivity contribution in [2.45, 2.75) is 70.1 Å². The molecule has 1 fully saturated rings. The van der Waals surface area contributed by atoms with Crippen molar-refractivity contribution in [1.82, 2.24) is 14.8 Å². The van der Waals surface area contributed by atoms with E-state index >= 15 is 0 Å². The minimum atomic E-state index is -1.01. The summed E-state index contributed by atoms with van der Waals surface area (Å²) in [6.07, 6.45) is 6.74. The van der Waals surface area contributed by atoms with Crippen LogP contribution in [0.2, 0.25) is 0 Å². The number of aromatic nitrogens is 1. The van der Waals surface area contributed by atoms with Crippen molar-refractivity contribution in [2.24, 2.45) is 0 Å². The molecule has 2 amide bonds. The molecule has 1 aliphatic carbocycles. The van der Waals surface area contributed by atoms with E-state index in [1.54, 1.807) is 12.0 Å². The van der Waals surface area contributed by atoms with Crippen LogP contribution in [0.25, 0.3) is 10.9 Å². The molecule has 0 radical (unpaired) electrons. The van der Waals surface area contributed by atoms with Gasteiger partial charge in [0.2, 0.25) is 5.91 Å². The van der Waals surface area contributed by atoms with E-state index in [0.717, 1.165) is 47.9 Å². The first kappa shape index (κ1) is 22.5. The van der Waals surface area contributed by atoms with E-state index in [-0.39, 0.29) is 17.9 Å². The van der Waals surface area contributed by atoms with Gasteiger partial charge in [-0.3, -0.25) is 9.59 Å². The number of benzene rings is 2. The second kappa shape index (κ2) is 9.16. The van der Waals surface area contributed by atoms with Crippen molar-refractivity contribution in [1.29, 1.82) is 0 Å². The Kier molecular flexibility index (Phi) is 6.07. The average Bonchev–Trinajstić information content (AvgIpc) is 3.02. The molecule has 1 aromatic heterocycles. The summed E-state index contributed by atoms with van der Waals surface area (Å²) in [5.41, 5.74) is 1.54. The molecule has 1 saturated carbocycles. The fourth-order valence-electron chi connectivity index (χ4n) is 5.47. The van der Waals surface area contributed by atoms with Crippen molar-refractivity contribution in [3.05, 3.63) is 65.9 Å². The second-order valence-corrected chi connectivity index (χ2v) is 9.85. The summed E-state index contributed by atoms with van der Waals surface area (Å²) in [6.45, 7) is 2.67. The normalized spacial score (nSPS) is 21.2. The lowest BCUT2D eigenvalue weighted by molar-refractivity contribution is -0.134. The highest BCUT2D eigenvalue weighted by Crippen LogP contribution is 2.34. The number of fused-ring (bicyclic) bond motifs is 3. The molecule has 178 valence electrons. The lowest BCUT2D eigenvalue weighted by Gasteiger charge is -2.44. The number of hydrogen-bond donors (Lipinski definition) is 1.